The number of allylic oxidation sites excluding steroid dienone is 2. The van der Waals surface area contributed by atoms with Crippen LogP contribution in [0.4, 0.5) is 0 Å². The fourth-order valence-electron chi connectivity index (χ4n) is 2.37. The zero-order valence-electron chi connectivity index (χ0n) is 17.5. The van der Waals surface area contributed by atoms with E-state index < -0.39 is 30.5 Å². The standard InChI is InChI=1S/2C9H19NO3S/c2*1-4-5-6-9(14(10,11)12)7-8(2)13-3/h2*4,8-9H,1,5-7H2,2-3H3,(H2,10,11,12)/t8-,9+;8-,9-/m11/s1. The minimum Gasteiger partial charge on any atom is -0.382 e. The fraction of sp³-hybridized carbons (Fsp3) is 0.778. The number of methoxy groups -OCH3 is 2. The molecular formula is C18H38N2O6S2. The summed E-state index contributed by atoms with van der Waals surface area (Å²) in [4.78, 5) is 0. The molecule has 0 rings (SSSR count). The van der Waals surface area contributed by atoms with Crippen LogP contribution in [-0.2, 0) is 29.5 Å². The van der Waals surface area contributed by atoms with Crippen LogP contribution in [0.5, 0.6) is 0 Å². The van der Waals surface area contributed by atoms with Crippen molar-refractivity contribution in [2.24, 2.45) is 10.3 Å². The fourth-order valence-corrected chi connectivity index (χ4v) is 4.38. The Balaban J connectivity index is 0. The highest BCUT2D eigenvalue weighted by Crippen LogP contribution is 2.15. The molecule has 28 heavy (non-hydrogen) atoms. The van der Waals surface area contributed by atoms with Crippen LogP contribution in [-0.4, -0.2) is 53.8 Å². The largest absolute Gasteiger partial charge is 0.382 e. The van der Waals surface area contributed by atoms with Crippen LogP contribution in [0.2, 0.25) is 0 Å². The Morgan fingerprint density at radius 1 is 0.786 bits per heavy atom. The molecule has 10 heteroatoms. The minimum atomic E-state index is -3.47. The van der Waals surface area contributed by atoms with Crippen LogP contribution in [0.1, 0.15) is 52.4 Å². The molecule has 0 aromatic rings. The van der Waals surface area contributed by atoms with Crippen molar-refractivity contribution in [3.63, 3.8) is 0 Å². The van der Waals surface area contributed by atoms with Crippen molar-refractivity contribution >= 4 is 20.0 Å². The Bertz CT molecular complexity index is 578. The van der Waals surface area contributed by atoms with Gasteiger partial charge in [0.2, 0.25) is 20.0 Å². The summed E-state index contributed by atoms with van der Waals surface area (Å²) in [5.41, 5.74) is 0. The number of primary sulfonamides is 2. The summed E-state index contributed by atoms with van der Waals surface area (Å²) in [5.74, 6) is 0. The second-order valence-corrected chi connectivity index (χ2v) is 10.4. The Kier molecular flexibility index (Phi) is 15.9. The first-order valence-corrected chi connectivity index (χ1v) is 12.4. The third kappa shape index (κ3) is 15.2. The molecule has 0 saturated carbocycles. The number of hydrogen-bond donors (Lipinski definition) is 2. The highest BCUT2D eigenvalue weighted by Gasteiger charge is 2.23. The average molecular weight is 443 g/mol. The summed E-state index contributed by atoms with van der Waals surface area (Å²) in [6, 6.07) is 0. The lowest BCUT2D eigenvalue weighted by molar-refractivity contribution is 0.109. The molecule has 0 fully saturated rings. The van der Waals surface area contributed by atoms with E-state index in [4.69, 9.17) is 19.8 Å². The SMILES string of the molecule is C=CCC[C@@H](C[C@@H](C)OC)S(N)(=O)=O.C=CCC[C@H](C[C@@H](C)OC)S(N)(=O)=O. The molecule has 0 aromatic carbocycles. The first-order valence-electron chi connectivity index (χ1n) is 9.13. The van der Waals surface area contributed by atoms with Crippen molar-refractivity contribution in [3.8, 4) is 0 Å². The molecule has 0 amide bonds. The van der Waals surface area contributed by atoms with E-state index in [9.17, 15) is 16.8 Å². The van der Waals surface area contributed by atoms with Crippen LogP contribution < -0.4 is 10.3 Å². The summed E-state index contributed by atoms with van der Waals surface area (Å²) >= 11 is 0. The van der Waals surface area contributed by atoms with Gasteiger partial charge in [-0.3, -0.25) is 0 Å². The van der Waals surface area contributed by atoms with E-state index in [1.54, 1.807) is 26.4 Å². The van der Waals surface area contributed by atoms with Crippen LogP contribution >= 0.6 is 0 Å². The number of rotatable bonds is 14. The molecular weight excluding hydrogens is 404 g/mol. The maximum Gasteiger partial charge on any atom is 0.212 e. The molecule has 168 valence electrons. The summed E-state index contributed by atoms with van der Waals surface area (Å²) in [7, 11) is -3.83. The van der Waals surface area contributed by atoms with Gasteiger partial charge >= 0.3 is 0 Å². The monoisotopic (exact) mass is 442 g/mol. The quantitative estimate of drug-likeness (QED) is 0.395. The number of ether oxygens (including phenoxy) is 2. The van der Waals surface area contributed by atoms with E-state index in [2.05, 4.69) is 13.2 Å². The Labute approximate surface area is 171 Å². The zero-order valence-corrected chi connectivity index (χ0v) is 19.2. The van der Waals surface area contributed by atoms with Gasteiger partial charge in [0.05, 0.1) is 22.7 Å². The second kappa shape index (κ2) is 15.1. The van der Waals surface area contributed by atoms with Crippen molar-refractivity contribution in [3.05, 3.63) is 25.3 Å². The molecule has 0 spiro atoms. The van der Waals surface area contributed by atoms with E-state index in [0.717, 1.165) is 0 Å². The van der Waals surface area contributed by atoms with Gasteiger partial charge in [0.1, 0.15) is 0 Å². The number of sulfonamides is 2. The maximum absolute atomic E-state index is 11.2. The maximum atomic E-state index is 11.2. The lowest BCUT2D eigenvalue weighted by Gasteiger charge is -2.17. The highest BCUT2D eigenvalue weighted by molar-refractivity contribution is 7.90. The minimum absolute atomic E-state index is 0.0943. The molecule has 0 unspecified atom stereocenters. The molecule has 0 aromatic heterocycles. The predicted octanol–water partition coefficient (Wildman–Crippen LogP) is 2.07. The lowest BCUT2D eigenvalue weighted by atomic mass is 10.1. The van der Waals surface area contributed by atoms with Crippen LogP contribution in [0, 0.1) is 0 Å². The molecule has 4 N–H and O–H groups in total. The van der Waals surface area contributed by atoms with Crippen molar-refractivity contribution in [2.75, 3.05) is 14.2 Å². The van der Waals surface area contributed by atoms with E-state index in [-0.39, 0.29) is 12.2 Å². The average Bonchev–Trinajstić information content (AvgIpc) is 2.60. The van der Waals surface area contributed by atoms with Gasteiger partial charge < -0.3 is 9.47 Å². The predicted molar refractivity (Wildman–Crippen MR) is 115 cm³/mol. The zero-order chi connectivity index (χ0) is 22.4. The molecule has 0 heterocycles. The third-order valence-electron chi connectivity index (χ3n) is 4.31. The summed E-state index contributed by atoms with van der Waals surface area (Å²) in [6.07, 6.45) is 6.38. The Hall–Kier alpha value is -0.780. The topological polar surface area (TPSA) is 139 Å². The summed E-state index contributed by atoms with van der Waals surface area (Å²) in [5, 5.41) is 9.15. The lowest BCUT2D eigenvalue weighted by Crippen LogP contribution is -2.31. The van der Waals surface area contributed by atoms with E-state index in [1.165, 1.54) is 0 Å². The van der Waals surface area contributed by atoms with Crippen molar-refractivity contribution in [2.45, 2.75) is 75.1 Å². The van der Waals surface area contributed by atoms with Crippen LogP contribution in [0.25, 0.3) is 0 Å². The Morgan fingerprint density at radius 2 is 1.07 bits per heavy atom. The second-order valence-electron chi connectivity index (χ2n) is 6.72. The molecule has 0 bridgehead atoms. The summed E-state index contributed by atoms with van der Waals surface area (Å²) in [6.45, 7) is 10.7. The van der Waals surface area contributed by atoms with Gasteiger partial charge in [-0.2, -0.15) is 0 Å². The van der Waals surface area contributed by atoms with Crippen molar-refractivity contribution in [1.82, 2.24) is 0 Å². The third-order valence-corrected chi connectivity index (χ3v) is 7.02. The van der Waals surface area contributed by atoms with Crippen LogP contribution in [0.3, 0.4) is 0 Å². The summed E-state index contributed by atoms with van der Waals surface area (Å²) < 4.78 is 54.7. The molecule has 8 nitrogen and oxygen atoms in total. The molecule has 0 aliphatic carbocycles. The van der Waals surface area contributed by atoms with Crippen molar-refractivity contribution < 1.29 is 26.3 Å². The molecule has 4 atom stereocenters. The van der Waals surface area contributed by atoms with Gasteiger partial charge in [-0.05, 0) is 52.4 Å². The molecule has 0 saturated heterocycles. The van der Waals surface area contributed by atoms with E-state index in [0.29, 0.717) is 38.5 Å². The molecule has 0 radical (unpaired) electrons. The highest BCUT2D eigenvalue weighted by atomic mass is 32.2. The van der Waals surface area contributed by atoms with Gasteiger partial charge in [-0.15, -0.1) is 13.2 Å². The first-order chi connectivity index (χ1) is 12.8. The van der Waals surface area contributed by atoms with E-state index in [1.807, 2.05) is 13.8 Å². The molecule has 0 aliphatic heterocycles. The molecule has 0 aliphatic rings. The number of hydrogen-bond acceptors (Lipinski definition) is 6. The van der Waals surface area contributed by atoms with Crippen LogP contribution in [0.15, 0.2) is 25.3 Å². The van der Waals surface area contributed by atoms with Gasteiger partial charge in [0.15, 0.2) is 0 Å². The van der Waals surface area contributed by atoms with Gasteiger partial charge in [-0.25, -0.2) is 27.1 Å². The van der Waals surface area contributed by atoms with Gasteiger partial charge in [0, 0.05) is 14.2 Å². The Morgan fingerprint density at radius 3 is 1.25 bits per heavy atom. The smallest absolute Gasteiger partial charge is 0.212 e. The number of nitrogens with two attached hydrogens (primary N) is 2. The van der Waals surface area contributed by atoms with E-state index >= 15 is 0 Å². The normalized spacial score (nSPS) is 16.2. The van der Waals surface area contributed by atoms with Gasteiger partial charge in [-0.1, -0.05) is 12.2 Å². The van der Waals surface area contributed by atoms with Gasteiger partial charge in [0.25, 0.3) is 0 Å². The first kappa shape index (κ1) is 29.4. The van der Waals surface area contributed by atoms with Crippen molar-refractivity contribution in [1.29, 1.82) is 0 Å².